The van der Waals surface area contributed by atoms with E-state index in [1.807, 2.05) is 83.7 Å². The molecule has 0 bridgehead atoms. The quantitative estimate of drug-likeness (QED) is 0.748. The lowest BCUT2D eigenvalue weighted by Gasteiger charge is -2.19. The fourth-order valence-electron chi connectivity index (χ4n) is 2.65. The van der Waals surface area contributed by atoms with Gasteiger partial charge in [-0.1, -0.05) is 36.4 Å². The van der Waals surface area contributed by atoms with Crippen LogP contribution in [0.15, 0.2) is 79.1 Å². The number of methoxy groups -OCH3 is 1. The van der Waals surface area contributed by atoms with Crippen LogP contribution < -0.4 is 10.1 Å². The summed E-state index contributed by atoms with van der Waals surface area (Å²) in [6.45, 7) is 0. The van der Waals surface area contributed by atoms with Gasteiger partial charge in [-0.15, -0.1) is 0 Å². The highest BCUT2D eigenvalue weighted by molar-refractivity contribution is 5.94. The van der Waals surface area contributed by atoms with E-state index in [4.69, 9.17) is 4.74 Å². The Hall–Kier alpha value is -3.01. The molecule has 1 atom stereocenters. The number of carbonyl (C=O) groups is 1. The van der Waals surface area contributed by atoms with Gasteiger partial charge in [0.1, 0.15) is 11.8 Å². The minimum absolute atomic E-state index is 0.0525. The highest BCUT2D eigenvalue weighted by Crippen LogP contribution is 2.20. The van der Waals surface area contributed by atoms with Gasteiger partial charge in [0.25, 0.3) is 0 Å². The van der Waals surface area contributed by atoms with Gasteiger partial charge < -0.3 is 14.6 Å². The topological polar surface area (TPSA) is 43.3 Å². The monoisotopic (exact) mass is 320 g/mol. The van der Waals surface area contributed by atoms with E-state index in [0.29, 0.717) is 12.2 Å². The van der Waals surface area contributed by atoms with Crippen molar-refractivity contribution >= 4 is 11.6 Å². The Morgan fingerprint density at radius 2 is 1.79 bits per heavy atom. The van der Waals surface area contributed by atoms with Crippen molar-refractivity contribution < 1.29 is 9.53 Å². The van der Waals surface area contributed by atoms with Gasteiger partial charge in [0, 0.05) is 30.6 Å². The first-order valence-corrected chi connectivity index (χ1v) is 7.87. The second kappa shape index (κ2) is 7.51. The van der Waals surface area contributed by atoms with Gasteiger partial charge in [-0.25, -0.2) is 0 Å². The molecule has 0 fully saturated rings. The molecule has 0 aliphatic rings. The molecule has 0 saturated carbocycles. The maximum absolute atomic E-state index is 12.8. The third-order valence-corrected chi connectivity index (χ3v) is 3.90. The van der Waals surface area contributed by atoms with Crippen molar-refractivity contribution in [3.63, 3.8) is 0 Å². The molecule has 122 valence electrons. The molecular weight excluding hydrogens is 300 g/mol. The van der Waals surface area contributed by atoms with Crippen molar-refractivity contribution in [1.29, 1.82) is 0 Å². The Morgan fingerprint density at radius 3 is 2.50 bits per heavy atom. The fourth-order valence-corrected chi connectivity index (χ4v) is 2.65. The summed E-state index contributed by atoms with van der Waals surface area (Å²) in [5.74, 6) is 0.664. The van der Waals surface area contributed by atoms with Crippen LogP contribution in [-0.4, -0.2) is 17.6 Å². The molecule has 3 aromatic rings. The number of rotatable bonds is 6. The van der Waals surface area contributed by atoms with Crippen LogP contribution in [0.2, 0.25) is 0 Å². The molecule has 0 saturated heterocycles. The Balaban J connectivity index is 1.81. The molecule has 3 rings (SSSR count). The number of aromatic nitrogens is 1. The summed E-state index contributed by atoms with van der Waals surface area (Å²) in [5.41, 5.74) is 1.85. The first-order valence-electron chi connectivity index (χ1n) is 7.87. The molecule has 24 heavy (non-hydrogen) atoms. The van der Waals surface area contributed by atoms with Gasteiger partial charge >= 0.3 is 0 Å². The van der Waals surface area contributed by atoms with E-state index >= 15 is 0 Å². The lowest BCUT2D eigenvalue weighted by Crippen LogP contribution is -2.27. The lowest BCUT2D eigenvalue weighted by atomic mass is 10.0. The van der Waals surface area contributed by atoms with Crippen molar-refractivity contribution in [3.8, 4) is 5.75 Å². The number of benzene rings is 2. The highest BCUT2D eigenvalue weighted by Gasteiger charge is 2.20. The van der Waals surface area contributed by atoms with Crippen LogP contribution in [0.1, 0.15) is 11.6 Å². The molecule has 1 heterocycles. The molecule has 1 amide bonds. The van der Waals surface area contributed by atoms with Gasteiger partial charge in [-0.05, 0) is 29.8 Å². The number of anilines is 1. The van der Waals surface area contributed by atoms with Crippen molar-refractivity contribution in [2.24, 2.45) is 0 Å². The SMILES string of the molecule is COc1cccc(NC(=O)[C@@H](Cc2ccccc2)n2cccc2)c1. The molecule has 4 heteroatoms. The summed E-state index contributed by atoms with van der Waals surface area (Å²) in [6, 6.07) is 20.9. The molecule has 0 spiro atoms. The van der Waals surface area contributed by atoms with Crippen LogP contribution in [0.5, 0.6) is 5.75 Å². The number of amides is 1. The van der Waals surface area contributed by atoms with Crippen molar-refractivity contribution in [2.75, 3.05) is 12.4 Å². The van der Waals surface area contributed by atoms with E-state index in [1.165, 1.54) is 0 Å². The molecule has 0 unspecified atom stereocenters. The van der Waals surface area contributed by atoms with Gasteiger partial charge in [0.05, 0.1) is 7.11 Å². The van der Waals surface area contributed by atoms with Crippen molar-refractivity contribution in [3.05, 3.63) is 84.7 Å². The minimum Gasteiger partial charge on any atom is -0.497 e. The molecule has 1 aromatic heterocycles. The van der Waals surface area contributed by atoms with E-state index < -0.39 is 0 Å². The predicted octanol–water partition coefficient (Wildman–Crippen LogP) is 3.92. The summed E-state index contributed by atoms with van der Waals surface area (Å²) in [5, 5.41) is 2.99. The van der Waals surface area contributed by atoms with Crippen molar-refractivity contribution in [1.82, 2.24) is 4.57 Å². The number of ether oxygens (including phenoxy) is 1. The Morgan fingerprint density at radius 1 is 1.04 bits per heavy atom. The highest BCUT2D eigenvalue weighted by atomic mass is 16.5. The van der Waals surface area contributed by atoms with E-state index in [0.717, 1.165) is 11.3 Å². The predicted molar refractivity (Wildman–Crippen MR) is 95.2 cm³/mol. The van der Waals surface area contributed by atoms with E-state index in [2.05, 4.69) is 5.32 Å². The maximum atomic E-state index is 12.8. The second-order valence-electron chi connectivity index (χ2n) is 5.56. The van der Waals surface area contributed by atoms with Crippen molar-refractivity contribution in [2.45, 2.75) is 12.5 Å². The number of hydrogen-bond donors (Lipinski definition) is 1. The Kier molecular flexibility index (Phi) is 4.96. The summed E-state index contributed by atoms with van der Waals surface area (Å²) >= 11 is 0. The number of carbonyl (C=O) groups excluding carboxylic acids is 1. The second-order valence-corrected chi connectivity index (χ2v) is 5.56. The number of hydrogen-bond acceptors (Lipinski definition) is 2. The standard InChI is InChI=1S/C20H20N2O2/c1-24-18-11-7-10-17(15-18)21-20(23)19(22-12-5-6-13-22)14-16-8-3-2-4-9-16/h2-13,15,19H,14H2,1H3,(H,21,23)/t19-/m1/s1. The van der Waals surface area contributed by atoms with Gasteiger partial charge in [0.15, 0.2) is 0 Å². The number of nitrogens with one attached hydrogen (secondary N) is 1. The van der Waals surface area contributed by atoms with Gasteiger partial charge in [-0.2, -0.15) is 0 Å². The lowest BCUT2D eigenvalue weighted by molar-refractivity contribution is -0.119. The van der Waals surface area contributed by atoms with E-state index in [9.17, 15) is 4.79 Å². The minimum atomic E-state index is -0.311. The largest absolute Gasteiger partial charge is 0.497 e. The maximum Gasteiger partial charge on any atom is 0.247 e. The molecule has 0 radical (unpaired) electrons. The average Bonchev–Trinajstić information content (AvgIpc) is 3.15. The Bertz CT molecular complexity index is 782. The zero-order valence-corrected chi connectivity index (χ0v) is 13.6. The molecule has 4 nitrogen and oxygen atoms in total. The molecule has 1 N–H and O–H groups in total. The molecular formula is C20H20N2O2. The Labute approximate surface area is 141 Å². The van der Waals surface area contributed by atoms with Gasteiger partial charge in [-0.3, -0.25) is 4.79 Å². The van der Waals surface area contributed by atoms with Crippen LogP contribution in [0, 0.1) is 0 Å². The van der Waals surface area contributed by atoms with Gasteiger partial charge in [0.2, 0.25) is 5.91 Å². The zero-order valence-electron chi connectivity index (χ0n) is 13.6. The smallest absolute Gasteiger partial charge is 0.247 e. The first kappa shape index (κ1) is 15.9. The summed E-state index contributed by atoms with van der Waals surface area (Å²) in [6.07, 6.45) is 4.46. The summed E-state index contributed by atoms with van der Waals surface area (Å²) < 4.78 is 7.14. The van der Waals surface area contributed by atoms with Crippen LogP contribution in [-0.2, 0) is 11.2 Å². The third kappa shape index (κ3) is 3.84. The molecule has 0 aliphatic heterocycles. The van der Waals surface area contributed by atoms with Crippen LogP contribution in [0.25, 0.3) is 0 Å². The zero-order chi connectivity index (χ0) is 16.8. The van der Waals surface area contributed by atoms with Crippen LogP contribution in [0.3, 0.4) is 0 Å². The molecule has 2 aromatic carbocycles. The first-order chi connectivity index (χ1) is 11.8. The van der Waals surface area contributed by atoms with E-state index in [-0.39, 0.29) is 11.9 Å². The number of nitrogens with zero attached hydrogens (tertiary/aromatic N) is 1. The van der Waals surface area contributed by atoms with Crippen LogP contribution >= 0.6 is 0 Å². The fraction of sp³-hybridized carbons (Fsp3) is 0.150. The van der Waals surface area contributed by atoms with Crippen LogP contribution in [0.4, 0.5) is 5.69 Å². The average molecular weight is 320 g/mol. The summed E-state index contributed by atoms with van der Waals surface area (Å²) in [4.78, 5) is 12.8. The summed E-state index contributed by atoms with van der Waals surface area (Å²) in [7, 11) is 1.61. The molecule has 0 aliphatic carbocycles. The third-order valence-electron chi connectivity index (χ3n) is 3.90. The normalized spacial score (nSPS) is 11.7. The van der Waals surface area contributed by atoms with E-state index in [1.54, 1.807) is 7.11 Å².